The number of carboxylic acid groups (broad SMARTS) is 1. The van der Waals surface area contributed by atoms with Crippen LogP contribution in [0.5, 0.6) is 23.0 Å². The number of halogens is 1. The highest BCUT2D eigenvalue weighted by Crippen LogP contribution is 2.36. The maximum Gasteiger partial charge on any atom is 0.337 e. The van der Waals surface area contributed by atoms with E-state index in [0.717, 1.165) is 9.13 Å². The zero-order valence-electron chi connectivity index (χ0n) is 25.9. The van der Waals surface area contributed by atoms with Crippen LogP contribution in [0.15, 0.2) is 76.2 Å². The molecule has 0 saturated carbocycles. The van der Waals surface area contributed by atoms with E-state index in [1.165, 1.54) is 48.5 Å². The van der Waals surface area contributed by atoms with Gasteiger partial charge in [-0.25, -0.2) is 14.6 Å². The minimum Gasteiger partial charge on any atom is -0.493 e. The van der Waals surface area contributed by atoms with Crippen LogP contribution in [0.2, 0.25) is 0 Å². The molecular weight excluding hydrogens is 739 g/mol. The van der Waals surface area contributed by atoms with E-state index in [1.54, 1.807) is 42.5 Å². The summed E-state index contributed by atoms with van der Waals surface area (Å²) in [4.78, 5) is 42.9. The van der Waals surface area contributed by atoms with Gasteiger partial charge in [-0.3, -0.25) is 9.36 Å². The molecule has 1 aliphatic rings. The average Bonchev–Trinajstić information content (AvgIpc) is 3.38. The van der Waals surface area contributed by atoms with Crippen molar-refractivity contribution in [3.05, 3.63) is 112 Å². The zero-order valence-corrected chi connectivity index (χ0v) is 28.9. The van der Waals surface area contributed by atoms with Gasteiger partial charge in [-0.1, -0.05) is 29.5 Å². The first kappa shape index (κ1) is 33.7. The summed E-state index contributed by atoms with van der Waals surface area (Å²) in [6.07, 6.45) is 3.18. The molecule has 3 aromatic carbocycles. The molecule has 1 N–H and O–H groups in total. The van der Waals surface area contributed by atoms with Crippen molar-refractivity contribution in [3.8, 4) is 23.0 Å². The second-order valence-electron chi connectivity index (χ2n) is 10.1. The molecule has 2 heterocycles. The van der Waals surface area contributed by atoms with Gasteiger partial charge >= 0.3 is 11.9 Å². The van der Waals surface area contributed by atoms with E-state index in [-0.39, 0.29) is 23.3 Å². The summed E-state index contributed by atoms with van der Waals surface area (Å²) >= 11 is 3.34. The van der Waals surface area contributed by atoms with Crippen LogP contribution < -0.4 is 33.8 Å². The summed E-state index contributed by atoms with van der Waals surface area (Å²) in [6, 6.07) is 14.6. The smallest absolute Gasteiger partial charge is 0.337 e. The third-order valence-electron chi connectivity index (χ3n) is 7.14. The van der Waals surface area contributed by atoms with Crippen molar-refractivity contribution in [2.24, 2.45) is 4.99 Å². The van der Waals surface area contributed by atoms with Crippen LogP contribution in [0.25, 0.3) is 6.08 Å². The van der Waals surface area contributed by atoms with Gasteiger partial charge in [-0.2, -0.15) is 0 Å². The highest BCUT2D eigenvalue weighted by molar-refractivity contribution is 14.1. The van der Waals surface area contributed by atoms with Gasteiger partial charge in [-0.15, -0.1) is 0 Å². The number of esters is 1. The molecule has 1 aliphatic heterocycles. The molecule has 0 amide bonds. The number of aromatic carboxylic acids is 1. The molecule has 0 radical (unpaired) electrons. The van der Waals surface area contributed by atoms with E-state index < -0.39 is 18.0 Å². The molecule has 0 bridgehead atoms. The van der Waals surface area contributed by atoms with Gasteiger partial charge in [0.05, 0.1) is 52.7 Å². The van der Waals surface area contributed by atoms with Crippen LogP contribution in [-0.4, -0.2) is 49.0 Å². The van der Waals surface area contributed by atoms with Crippen molar-refractivity contribution in [3.63, 3.8) is 0 Å². The number of methoxy groups -OCH3 is 2. The maximum atomic E-state index is 14.0. The van der Waals surface area contributed by atoms with Gasteiger partial charge in [-0.05, 0) is 95.6 Å². The molecular formula is C34H31IN2O9S. The topological polar surface area (TPSA) is 135 Å². The van der Waals surface area contributed by atoms with E-state index in [0.29, 0.717) is 56.7 Å². The monoisotopic (exact) mass is 770 g/mol. The molecule has 244 valence electrons. The van der Waals surface area contributed by atoms with Crippen LogP contribution >= 0.6 is 33.9 Å². The average molecular weight is 771 g/mol. The number of benzene rings is 3. The van der Waals surface area contributed by atoms with E-state index in [4.69, 9.17) is 28.8 Å². The van der Waals surface area contributed by atoms with E-state index >= 15 is 0 Å². The summed E-state index contributed by atoms with van der Waals surface area (Å²) in [7, 11) is 2.81. The molecule has 11 nitrogen and oxygen atoms in total. The predicted octanol–water partition coefficient (Wildman–Crippen LogP) is 4.71. The Labute approximate surface area is 287 Å². The number of aromatic nitrogens is 1. The second-order valence-corrected chi connectivity index (χ2v) is 12.2. The van der Waals surface area contributed by atoms with Crippen molar-refractivity contribution < 1.29 is 38.4 Å². The summed E-state index contributed by atoms with van der Waals surface area (Å²) in [5.74, 6) is 0.423. The summed E-state index contributed by atoms with van der Waals surface area (Å²) in [5, 5.41) is 9.14. The first-order valence-corrected chi connectivity index (χ1v) is 16.4. The fraction of sp³-hybridized carbons (Fsp3) is 0.235. The SMILES string of the molecule is CCOc1ccc([C@H]2C(C(=O)OC)=CN=c3s/c(=C\c4cc(I)c(OCc5ccc(C(=O)O)cc5)c(OC)c4)c(=O)n32)cc1OCC. The number of hydrogen-bond donors (Lipinski definition) is 1. The van der Waals surface area contributed by atoms with Crippen molar-refractivity contribution in [2.75, 3.05) is 27.4 Å². The van der Waals surface area contributed by atoms with Gasteiger partial charge in [0, 0.05) is 6.20 Å². The number of thiazole rings is 1. The molecule has 13 heteroatoms. The van der Waals surface area contributed by atoms with Crippen LogP contribution in [0, 0.1) is 3.57 Å². The van der Waals surface area contributed by atoms with Crippen LogP contribution in [0.4, 0.5) is 0 Å². The third kappa shape index (κ3) is 7.20. The minimum atomic E-state index is -0.997. The number of nitrogens with zero attached hydrogens (tertiary/aromatic N) is 2. The van der Waals surface area contributed by atoms with Gasteiger partial charge in [0.2, 0.25) is 0 Å². The van der Waals surface area contributed by atoms with Gasteiger partial charge in [0.15, 0.2) is 27.8 Å². The van der Waals surface area contributed by atoms with Crippen LogP contribution in [-0.2, 0) is 16.1 Å². The van der Waals surface area contributed by atoms with Crippen LogP contribution in [0.3, 0.4) is 0 Å². The summed E-state index contributed by atoms with van der Waals surface area (Å²) in [6.45, 7) is 4.78. The predicted molar refractivity (Wildman–Crippen MR) is 183 cm³/mol. The van der Waals surface area contributed by atoms with E-state index in [9.17, 15) is 14.4 Å². The Morgan fingerprint density at radius 2 is 1.70 bits per heavy atom. The standard InChI is InChI=1S/C34H31IN2O9S/c1-5-44-25-12-11-22(16-26(25)45-6-2)29-23(33(41)43-4)17-36-34-37(29)31(38)28(47-34)15-20-13-24(35)30(27(14-20)42-3)46-18-19-7-9-21(10-8-19)32(39)40/h7-17,29H,5-6,18H2,1-4H3,(H,39,40)/b28-15-/t29-/m0/s1. The number of hydrogen-bond acceptors (Lipinski definition) is 10. The quantitative estimate of drug-likeness (QED) is 0.161. The number of carbonyl (C=O) groups excluding carboxylic acids is 1. The number of carbonyl (C=O) groups is 2. The minimum absolute atomic E-state index is 0.193. The van der Waals surface area contributed by atoms with E-state index in [2.05, 4.69) is 27.6 Å². The van der Waals surface area contributed by atoms with Gasteiger partial charge < -0.3 is 28.8 Å². The highest BCUT2D eigenvalue weighted by atomic mass is 127. The Morgan fingerprint density at radius 3 is 2.36 bits per heavy atom. The fourth-order valence-corrected chi connectivity index (χ4v) is 6.75. The Kier molecular flexibility index (Phi) is 10.7. The lowest BCUT2D eigenvalue weighted by Crippen LogP contribution is -2.39. The number of fused-ring (bicyclic) bond motifs is 1. The molecule has 0 unspecified atom stereocenters. The zero-order chi connectivity index (χ0) is 33.7. The van der Waals surface area contributed by atoms with Gasteiger partial charge in [0.1, 0.15) is 6.61 Å². The number of ether oxygens (including phenoxy) is 5. The van der Waals surface area contributed by atoms with Crippen molar-refractivity contribution in [1.82, 2.24) is 4.57 Å². The fourth-order valence-electron chi connectivity index (χ4n) is 5.00. The highest BCUT2D eigenvalue weighted by Gasteiger charge is 2.31. The first-order chi connectivity index (χ1) is 22.7. The molecule has 0 spiro atoms. The Morgan fingerprint density at radius 1 is 0.979 bits per heavy atom. The maximum absolute atomic E-state index is 14.0. The third-order valence-corrected chi connectivity index (χ3v) is 8.94. The molecule has 0 fully saturated rings. The normalized spacial score (nSPS) is 14.0. The Balaban J connectivity index is 1.53. The molecule has 5 rings (SSSR count). The van der Waals surface area contributed by atoms with Crippen molar-refractivity contribution in [1.29, 1.82) is 0 Å². The molecule has 0 aliphatic carbocycles. The molecule has 1 atom stereocenters. The van der Waals surface area contributed by atoms with E-state index in [1.807, 2.05) is 19.9 Å². The lowest BCUT2D eigenvalue weighted by molar-refractivity contribution is -0.136. The first-order valence-electron chi connectivity index (χ1n) is 14.5. The molecule has 4 aromatic rings. The molecule has 47 heavy (non-hydrogen) atoms. The Hall–Kier alpha value is -4.63. The number of rotatable bonds is 12. The summed E-state index contributed by atoms with van der Waals surface area (Å²) < 4.78 is 30.9. The molecule has 1 aromatic heterocycles. The number of carboxylic acids is 1. The lowest BCUT2D eigenvalue weighted by atomic mass is 9.97. The van der Waals surface area contributed by atoms with Crippen molar-refractivity contribution >= 4 is 51.9 Å². The lowest BCUT2D eigenvalue weighted by Gasteiger charge is -2.23. The Bertz CT molecular complexity index is 2030. The van der Waals surface area contributed by atoms with Gasteiger partial charge in [0.25, 0.3) is 5.56 Å². The van der Waals surface area contributed by atoms with Crippen LogP contribution in [0.1, 0.15) is 46.9 Å². The summed E-state index contributed by atoms with van der Waals surface area (Å²) in [5.41, 5.74) is 2.18. The molecule has 0 saturated heterocycles. The van der Waals surface area contributed by atoms with Crippen molar-refractivity contribution in [2.45, 2.75) is 26.5 Å². The largest absolute Gasteiger partial charge is 0.493 e. The second kappa shape index (κ2) is 14.9.